The van der Waals surface area contributed by atoms with Gasteiger partial charge in [-0.2, -0.15) is 11.8 Å². The molecule has 0 radical (unpaired) electrons. The fourth-order valence-electron chi connectivity index (χ4n) is 3.64. The Morgan fingerprint density at radius 1 is 1.21 bits per heavy atom. The van der Waals surface area contributed by atoms with Crippen molar-refractivity contribution in [1.29, 1.82) is 0 Å². The van der Waals surface area contributed by atoms with Gasteiger partial charge >= 0.3 is 5.97 Å². The van der Waals surface area contributed by atoms with Crippen molar-refractivity contribution in [2.24, 2.45) is 5.92 Å². The van der Waals surface area contributed by atoms with E-state index in [-0.39, 0.29) is 18.5 Å². The third kappa shape index (κ3) is 9.22. The van der Waals surface area contributed by atoms with Crippen LogP contribution in [0, 0.1) is 5.92 Å². The normalized spacial score (nSPS) is 19.9. The third-order valence-electron chi connectivity index (χ3n) is 5.18. The van der Waals surface area contributed by atoms with Crippen molar-refractivity contribution in [2.75, 3.05) is 19.0 Å². The van der Waals surface area contributed by atoms with Gasteiger partial charge < -0.3 is 14.6 Å². The predicted molar refractivity (Wildman–Crippen MR) is 116 cm³/mol. The van der Waals surface area contributed by atoms with Gasteiger partial charge in [0.25, 0.3) is 0 Å². The van der Waals surface area contributed by atoms with Crippen molar-refractivity contribution in [3.05, 3.63) is 30.3 Å². The molecule has 29 heavy (non-hydrogen) atoms. The zero-order chi connectivity index (χ0) is 20.9. The van der Waals surface area contributed by atoms with Crippen LogP contribution in [0.15, 0.2) is 30.3 Å². The van der Waals surface area contributed by atoms with Crippen molar-refractivity contribution >= 4 is 23.5 Å². The number of benzene rings is 1. The molecule has 0 aromatic heterocycles. The molecule has 6 heteroatoms. The smallest absolute Gasteiger partial charge is 0.305 e. The van der Waals surface area contributed by atoms with E-state index in [1.54, 1.807) is 11.8 Å². The summed E-state index contributed by atoms with van der Waals surface area (Å²) in [5.74, 6) is 1.69. The van der Waals surface area contributed by atoms with E-state index in [0.717, 1.165) is 44.3 Å². The van der Waals surface area contributed by atoms with Gasteiger partial charge in [0.05, 0.1) is 12.7 Å². The van der Waals surface area contributed by atoms with E-state index in [4.69, 9.17) is 9.47 Å². The summed E-state index contributed by atoms with van der Waals surface area (Å²) in [6, 6.07) is 9.48. The molecule has 0 saturated heterocycles. The molecule has 1 N–H and O–H groups in total. The number of aliphatic hydroxyl groups excluding tert-OH is 1. The van der Waals surface area contributed by atoms with Gasteiger partial charge in [-0.15, -0.1) is 0 Å². The number of esters is 1. The maximum absolute atomic E-state index is 12.3. The molecular formula is C23H34O5S. The standard InChI is InChI=1S/C23H34O5S/c1-2-27-23(26)13-9-4-3-8-12-20-21(25)14-15-22(20)29-17-18(24)16-28-19-10-6-5-7-11-19/h5-7,10-11,18,20,22,24H,2-4,8-9,12-17H2,1H3/t18-,20+,22+/m1/s1. The minimum atomic E-state index is -0.542. The molecule has 1 fully saturated rings. The van der Waals surface area contributed by atoms with E-state index in [2.05, 4.69) is 0 Å². The summed E-state index contributed by atoms with van der Waals surface area (Å²) in [5.41, 5.74) is 0. The predicted octanol–water partition coefficient (Wildman–Crippen LogP) is 4.41. The first-order valence-electron chi connectivity index (χ1n) is 10.8. The number of para-hydroxylation sites is 1. The highest BCUT2D eigenvalue weighted by Crippen LogP contribution is 2.36. The van der Waals surface area contributed by atoms with Crippen LogP contribution in [-0.4, -0.2) is 47.2 Å². The van der Waals surface area contributed by atoms with Gasteiger partial charge in [-0.3, -0.25) is 9.59 Å². The summed E-state index contributed by atoms with van der Waals surface area (Å²) >= 11 is 1.70. The van der Waals surface area contributed by atoms with Crippen LogP contribution in [0.5, 0.6) is 5.75 Å². The number of aliphatic hydroxyl groups is 1. The maximum atomic E-state index is 12.3. The first-order valence-corrected chi connectivity index (χ1v) is 11.8. The topological polar surface area (TPSA) is 72.8 Å². The summed E-state index contributed by atoms with van der Waals surface area (Å²) in [4.78, 5) is 23.6. The second-order valence-corrected chi connectivity index (χ2v) is 8.79. The molecule has 1 aliphatic carbocycles. The van der Waals surface area contributed by atoms with Crippen molar-refractivity contribution in [2.45, 2.75) is 69.6 Å². The first kappa shape index (κ1) is 23.7. The van der Waals surface area contributed by atoms with Crippen LogP contribution < -0.4 is 4.74 Å². The van der Waals surface area contributed by atoms with Gasteiger partial charge in [0.15, 0.2) is 0 Å². The molecule has 1 aromatic carbocycles. The number of hydrogen-bond donors (Lipinski definition) is 1. The molecule has 0 heterocycles. The Morgan fingerprint density at radius 3 is 2.72 bits per heavy atom. The fourth-order valence-corrected chi connectivity index (χ4v) is 5.01. The minimum Gasteiger partial charge on any atom is -0.491 e. The van der Waals surface area contributed by atoms with Gasteiger partial charge in [0.1, 0.15) is 18.1 Å². The molecule has 2 rings (SSSR count). The van der Waals surface area contributed by atoms with Gasteiger partial charge in [-0.1, -0.05) is 37.5 Å². The molecule has 0 bridgehead atoms. The SMILES string of the molecule is CCOC(=O)CCCCCC[C@H]1C(=O)CC[C@@H]1SC[C@H](O)COc1ccccc1. The largest absolute Gasteiger partial charge is 0.491 e. The van der Waals surface area contributed by atoms with E-state index in [1.807, 2.05) is 37.3 Å². The highest BCUT2D eigenvalue weighted by Gasteiger charge is 2.34. The lowest BCUT2D eigenvalue weighted by atomic mass is 9.98. The van der Waals surface area contributed by atoms with E-state index < -0.39 is 6.10 Å². The van der Waals surface area contributed by atoms with E-state index in [1.165, 1.54) is 0 Å². The Morgan fingerprint density at radius 2 is 1.97 bits per heavy atom. The molecular weight excluding hydrogens is 388 g/mol. The molecule has 3 atom stereocenters. The monoisotopic (exact) mass is 422 g/mol. The number of thioether (sulfide) groups is 1. The number of carbonyl (C=O) groups is 2. The molecule has 0 spiro atoms. The van der Waals surface area contributed by atoms with Gasteiger partial charge in [0, 0.05) is 29.8 Å². The van der Waals surface area contributed by atoms with Crippen LogP contribution in [0.2, 0.25) is 0 Å². The van der Waals surface area contributed by atoms with Crippen molar-refractivity contribution in [3.63, 3.8) is 0 Å². The second-order valence-electron chi connectivity index (χ2n) is 7.52. The Labute approximate surface area is 178 Å². The van der Waals surface area contributed by atoms with Crippen LogP contribution in [-0.2, 0) is 14.3 Å². The minimum absolute atomic E-state index is 0.104. The molecule has 1 aliphatic rings. The summed E-state index contributed by atoms with van der Waals surface area (Å²) < 4.78 is 10.5. The number of ether oxygens (including phenoxy) is 2. The third-order valence-corrected chi connectivity index (χ3v) is 6.75. The van der Waals surface area contributed by atoms with Gasteiger partial charge in [-0.25, -0.2) is 0 Å². The molecule has 0 amide bonds. The zero-order valence-electron chi connectivity index (χ0n) is 17.4. The second kappa shape index (κ2) is 13.6. The highest BCUT2D eigenvalue weighted by atomic mass is 32.2. The number of unbranched alkanes of at least 4 members (excludes halogenated alkanes) is 3. The van der Waals surface area contributed by atoms with Crippen LogP contribution >= 0.6 is 11.8 Å². The van der Waals surface area contributed by atoms with Gasteiger partial charge in [-0.05, 0) is 38.3 Å². The highest BCUT2D eigenvalue weighted by molar-refractivity contribution is 8.00. The van der Waals surface area contributed by atoms with Gasteiger partial charge in [0.2, 0.25) is 0 Å². The quantitative estimate of drug-likeness (QED) is 0.354. The first-order chi connectivity index (χ1) is 14.1. The summed E-state index contributed by atoms with van der Waals surface area (Å²) in [6.07, 6.45) is 6.30. The number of rotatable bonds is 14. The van der Waals surface area contributed by atoms with E-state index in [9.17, 15) is 14.7 Å². The maximum Gasteiger partial charge on any atom is 0.305 e. The number of carbonyl (C=O) groups excluding carboxylic acids is 2. The lowest BCUT2D eigenvalue weighted by molar-refractivity contribution is -0.143. The Hall–Kier alpha value is -1.53. The molecule has 1 aromatic rings. The molecule has 0 unspecified atom stereocenters. The molecule has 1 saturated carbocycles. The Balaban J connectivity index is 1.60. The van der Waals surface area contributed by atoms with Crippen LogP contribution in [0.25, 0.3) is 0 Å². The summed E-state index contributed by atoms with van der Waals surface area (Å²) in [5, 5.41) is 10.5. The van der Waals surface area contributed by atoms with Crippen LogP contribution in [0.1, 0.15) is 58.3 Å². The molecule has 0 aliphatic heterocycles. The number of Topliss-reactive ketones (excluding diaryl/α,β-unsaturated/α-hetero) is 1. The molecule has 162 valence electrons. The van der Waals surface area contributed by atoms with Crippen molar-refractivity contribution in [1.82, 2.24) is 0 Å². The Bertz CT molecular complexity index is 607. The average Bonchev–Trinajstić information content (AvgIpc) is 3.08. The fraction of sp³-hybridized carbons (Fsp3) is 0.652. The Kier molecular flexibility index (Phi) is 11.2. The lowest BCUT2D eigenvalue weighted by Crippen LogP contribution is -2.24. The van der Waals surface area contributed by atoms with Crippen LogP contribution in [0.4, 0.5) is 0 Å². The number of ketones is 1. The van der Waals surface area contributed by atoms with Crippen molar-refractivity contribution < 1.29 is 24.2 Å². The average molecular weight is 423 g/mol. The molecule has 5 nitrogen and oxygen atoms in total. The number of hydrogen-bond acceptors (Lipinski definition) is 6. The zero-order valence-corrected chi connectivity index (χ0v) is 18.2. The van der Waals surface area contributed by atoms with E-state index >= 15 is 0 Å². The summed E-state index contributed by atoms with van der Waals surface area (Å²) in [6.45, 7) is 2.53. The van der Waals surface area contributed by atoms with E-state index in [0.29, 0.717) is 36.2 Å². The van der Waals surface area contributed by atoms with Crippen LogP contribution in [0.3, 0.4) is 0 Å². The van der Waals surface area contributed by atoms with Crippen molar-refractivity contribution in [3.8, 4) is 5.75 Å². The lowest BCUT2D eigenvalue weighted by Gasteiger charge is -2.20. The summed E-state index contributed by atoms with van der Waals surface area (Å²) in [7, 11) is 0.